The van der Waals surface area contributed by atoms with Crippen LogP contribution in [0.2, 0.25) is 0 Å². The van der Waals surface area contributed by atoms with Gasteiger partial charge in [0.25, 0.3) is 10.0 Å². The Balaban J connectivity index is 2.67. The molecule has 9 heteroatoms. The maximum atomic E-state index is 12.0. The fourth-order valence-electron chi connectivity index (χ4n) is 1.25. The van der Waals surface area contributed by atoms with Gasteiger partial charge in [-0.1, -0.05) is 0 Å². The smallest absolute Gasteiger partial charge is 0.358 e. The summed E-state index contributed by atoms with van der Waals surface area (Å²) in [6, 6.07) is 0. The van der Waals surface area contributed by atoms with Crippen molar-refractivity contribution in [2.24, 2.45) is 0 Å². The lowest BCUT2D eigenvalue weighted by Gasteiger charge is -2.06. The first-order valence-electron chi connectivity index (χ1n) is 5.62. The molecule has 7 nitrogen and oxygen atoms in total. The molecular weight excluding hydrogens is 292 g/mol. The Morgan fingerprint density at radius 2 is 2.26 bits per heavy atom. The zero-order valence-corrected chi connectivity index (χ0v) is 12.3. The summed E-state index contributed by atoms with van der Waals surface area (Å²) in [4.78, 5) is 15.1. The van der Waals surface area contributed by atoms with Crippen LogP contribution in [0.3, 0.4) is 0 Å². The molecule has 0 amide bonds. The van der Waals surface area contributed by atoms with Crippen molar-refractivity contribution in [2.45, 2.75) is 17.6 Å². The number of methoxy groups -OCH3 is 1. The average molecular weight is 308 g/mol. The highest BCUT2D eigenvalue weighted by Gasteiger charge is 2.25. The second kappa shape index (κ2) is 7.53. The number of rotatable bonds is 8. The molecule has 1 N–H and O–H groups in total. The normalized spacial score (nSPS) is 11.5. The molecule has 19 heavy (non-hydrogen) atoms. The van der Waals surface area contributed by atoms with Gasteiger partial charge in [-0.2, -0.15) is 0 Å². The molecule has 0 spiro atoms. The van der Waals surface area contributed by atoms with Gasteiger partial charge in [0.1, 0.15) is 0 Å². The van der Waals surface area contributed by atoms with Gasteiger partial charge in [-0.15, -0.1) is 11.3 Å². The third-order valence-corrected chi connectivity index (χ3v) is 4.95. The van der Waals surface area contributed by atoms with Crippen LogP contribution in [-0.2, 0) is 19.5 Å². The van der Waals surface area contributed by atoms with Gasteiger partial charge in [-0.05, 0) is 13.3 Å². The molecule has 0 radical (unpaired) electrons. The first kappa shape index (κ1) is 16.0. The molecule has 0 saturated heterocycles. The van der Waals surface area contributed by atoms with E-state index >= 15 is 0 Å². The predicted molar refractivity (Wildman–Crippen MR) is 69.8 cm³/mol. The minimum atomic E-state index is -3.74. The fourth-order valence-corrected chi connectivity index (χ4v) is 3.50. The van der Waals surface area contributed by atoms with E-state index < -0.39 is 16.0 Å². The van der Waals surface area contributed by atoms with Crippen molar-refractivity contribution in [3.05, 3.63) is 11.2 Å². The predicted octanol–water partition coefficient (Wildman–Crippen LogP) is 0.635. The molecule has 1 aromatic rings. The van der Waals surface area contributed by atoms with Gasteiger partial charge in [-0.25, -0.2) is 22.9 Å². The number of nitrogens with zero attached hydrogens (tertiary/aromatic N) is 1. The second-order valence-electron chi connectivity index (χ2n) is 3.43. The van der Waals surface area contributed by atoms with Crippen molar-refractivity contribution < 1.29 is 22.7 Å². The van der Waals surface area contributed by atoms with Crippen LogP contribution in [0, 0.1) is 0 Å². The quantitative estimate of drug-likeness (QED) is 0.559. The molecule has 0 aromatic carbocycles. The van der Waals surface area contributed by atoms with Crippen LogP contribution in [0.25, 0.3) is 0 Å². The van der Waals surface area contributed by atoms with Crippen molar-refractivity contribution >= 4 is 27.3 Å². The Morgan fingerprint density at radius 1 is 1.53 bits per heavy atom. The fraction of sp³-hybridized carbons (Fsp3) is 0.600. The summed E-state index contributed by atoms with van der Waals surface area (Å²) in [5, 5.41) is 0. The minimum Gasteiger partial charge on any atom is -0.464 e. The Hall–Kier alpha value is -1.03. The molecule has 0 fully saturated rings. The number of carbonyl (C=O) groups excluding carboxylic acids is 1. The largest absolute Gasteiger partial charge is 0.464 e. The highest BCUT2D eigenvalue weighted by Crippen LogP contribution is 2.20. The Morgan fingerprint density at radius 3 is 2.89 bits per heavy atom. The topological polar surface area (TPSA) is 94.6 Å². The highest BCUT2D eigenvalue weighted by atomic mass is 32.2. The SMILES string of the molecule is CCOCCCNS(=O)(=O)c1scnc1C(=O)OC. The molecule has 0 aliphatic carbocycles. The van der Waals surface area contributed by atoms with Crippen LogP contribution in [0.4, 0.5) is 0 Å². The number of hydrogen-bond donors (Lipinski definition) is 1. The van der Waals surface area contributed by atoms with Gasteiger partial charge in [0.2, 0.25) is 0 Å². The molecule has 0 saturated carbocycles. The zero-order chi connectivity index (χ0) is 14.3. The number of hydrogen-bond acceptors (Lipinski definition) is 7. The molecule has 0 aliphatic rings. The van der Waals surface area contributed by atoms with E-state index in [0.717, 1.165) is 11.3 Å². The van der Waals surface area contributed by atoms with E-state index in [4.69, 9.17) is 4.74 Å². The van der Waals surface area contributed by atoms with Crippen molar-refractivity contribution in [1.82, 2.24) is 9.71 Å². The summed E-state index contributed by atoms with van der Waals surface area (Å²) in [5.74, 6) is -0.768. The highest BCUT2D eigenvalue weighted by molar-refractivity contribution is 7.91. The number of aromatic nitrogens is 1. The summed E-state index contributed by atoms with van der Waals surface area (Å²) in [5.41, 5.74) is 1.10. The lowest BCUT2D eigenvalue weighted by atomic mass is 10.5. The van der Waals surface area contributed by atoms with E-state index in [-0.39, 0.29) is 16.4 Å². The van der Waals surface area contributed by atoms with Crippen LogP contribution < -0.4 is 4.72 Å². The summed E-state index contributed by atoms with van der Waals surface area (Å²) >= 11 is 0.875. The van der Waals surface area contributed by atoms with Crippen molar-refractivity contribution in [3.63, 3.8) is 0 Å². The van der Waals surface area contributed by atoms with Gasteiger partial charge in [0, 0.05) is 19.8 Å². The molecule has 1 rings (SSSR count). The minimum absolute atomic E-state index is 0.129. The number of nitrogens with one attached hydrogen (secondary N) is 1. The summed E-state index contributed by atoms with van der Waals surface area (Å²) in [6.45, 7) is 3.17. The van der Waals surface area contributed by atoms with Crippen LogP contribution in [0.15, 0.2) is 9.72 Å². The number of sulfonamides is 1. The molecule has 108 valence electrons. The van der Waals surface area contributed by atoms with Crippen LogP contribution in [0.5, 0.6) is 0 Å². The number of thiazole rings is 1. The van der Waals surface area contributed by atoms with E-state index in [2.05, 4.69) is 14.4 Å². The third kappa shape index (κ3) is 4.53. The molecule has 0 unspecified atom stereocenters. The van der Waals surface area contributed by atoms with Crippen LogP contribution in [0.1, 0.15) is 23.8 Å². The zero-order valence-electron chi connectivity index (χ0n) is 10.7. The van der Waals surface area contributed by atoms with E-state index in [0.29, 0.717) is 19.6 Å². The van der Waals surface area contributed by atoms with Crippen molar-refractivity contribution in [1.29, 1.82) is 0 Å². The molecule has 1 aromatic heterocycles. The van der Waals surface area contributed by atoms with Crippen molar-refractivity contribution in [3.8, 4) is 0 Å². The van der Waals surface area contributed by atoms with Crippen LogP contribution >= 0.6 is 11.3 Å². The van der Waals surface area contributed by atoms with Gasteiger partial charge < -0.3 is 9.47 Å². The van der Waals surface area contributed by atoms with Gasteiger partial charge >= 0.3 is 5.97 Å². The van der Waals surface area contributed by atoms with E-state index in [1.807, 2.05) is 6.92 Å². The first-order valence-corrected chi connectivity index (χ1v) is 7.98. The molecule has 0 aliphatic heterocycles. The molecule has 0 bridgehead atoms. The number of ether oxygens (including phenoxy) is 2. The molecule has 0 atom stereocenters. The molecular formula is C10H16N2O5S2. The third-order valence-electron chi connectivity index (χ3n) is 2.12. The van der Waals surface area contributed by atoms with E-state index in [1.165, 1.54) is 12.6 Å². The number of carbonyl (C=O) groups is 1. The number of esters is 1. The summed E-state index contributed by atoms with van der Waals surface area (Å²) < 4.78 is 35.8. The van der Waals surface area contributed by atoms with E-state index in [9.17, 15) is 13.2 Å². The summed E-state index contributed by atoms with van der Waals surface area (Å²) in [6.07, 6.45) is 0.555. The molecule has 1 heterocycles. The van der Waals surface area contributed by atoms with Gasteiger partial charge in [0.15, 0.2) is 9.90 Å². The Labute approximate surface area is 116 Å². The Kier molecular flexibility index (Phi) is 6.35. The monoisotopic (exact) mass is 308 g/mol. The van der Waals surface area contributed by atoms with Crippen molar-refractivity contribution in [2.75, 3.05) is 26.9 Å². The standard InChI is InChI=1S/C10H16N2O5S2/c1-3-17-6-4-5-12-19(14,15)10-8(9(13)16-2)11-7-18-10/h7,12H,3-6H2,1-2H3. The lowest BCUT2D eigenvalue weighted by molar-refractivity contribution is 0.0590. The summed E-state index contributed by atoms with van der Waals surface area (Å²) in [7, 11) is -2.57. The first-order chi connectivity index (χ1) is 9.03. The van der Waals surface area contributed by atoms with E-state index in [1.54, 1.807) is 0 Å². The van der Waals surface area contributed by atoms with Crippen LogP contribution in [-0.4, -0.2) is 46.2 Å². The Bertz CT molecular complexity index is 512. The maximum absolute atomic E-state index is 12.0. The second-order valence-corrected chi connectivity index (χ2v) is 6.25. The van der Waals surface area contributed by atoms with Gasteiger partial charge in [-0.3, -0.25) is 0 Å². The van der Waals surface area contributed by atoms with Gasteiger partial charge in [0.05, 0.1) is 12.6 Å². The maximum Gasteiger partial charge on any atom is 0.358 e. The average Bonchev–Trinajstić information content (AvgIpc) is 2.87. The lowest BCUT2D eigenvalue weighted by Crippen LogP contribution is -2.26.